The molecule has 0 amide bonds. The number of nitrogens with zero attached hydrogens (tertiary/aromatic N) is 4. The highest BCUT2D eigenvalue weighted by molar-refractivity contribution is 5.82. The van der Waals surface area contributed by atoms with Crippen LogP contribution in [-0.2, 0) is 0 Å². The van der Waals surface area contributed by atoms with Crippen molar-refractivity contribution in [2.75, 3.05) is 19.0 Å². The maximum absolute atomic E-state index is 5.03. The average Bonchev–Trinajstić information content (AvgIpc) is 2.74. The van der Waals surface area contributed by atoms with Gasteiger partial charge in [-0.3, -0.25) is 0 Å². The fourth-order valence-electron chi connectivity index (χ4n) is 3.88. The highest BCUT2D eigenvalue weighted by Crippen LogP contribution is 2.34. The highest BCUT2D eigenvalue weighted by Gasteiger charge is 2.18. The van der Waals surface area contributed by atoms with Crippen molar-refractivity contribution in [1.82, 2.24) is 15.2 Å². The van der Waals surface area contributed by atoms with Crippen molar-refractivity contribution in [1.29, 1.82) is 0 Å². The molecular weight excluding hydrogens is 380 g/mol. The predicted octanol–water partition coefficient (Wildman–Crippen LogP) is 6.17. The van der Waals surface area contributed by atoms with E-state index < -0.39 is 0 Å². The summed E-state index contributed by atoms with van der Waals surface area (Å²) in [5, 5.41) is 9.21. The Bertz CT molecular complexity index is 1240. The van der Waals surface area contributed by atoms with E-state index in [-0.39, 0.29) is 0 Å². The second-order valence-corrected chi connectivity index (χ2v) is 8.41. The van der Waals surface area contributed by atoms with E-state index in [4.69, 9.17) is 10.1 Å². The Morgan fingerprint density at radius 2 is 1.16 bits per heavy atom. The number of hydrogen-bond acceptors (Lipinski definition) is 4. The van der Waals surface area contributed by atoms with Crippen LogP contribution in [0.25, 0.3) is 33.9 Å². The van der Waals surface area contributed by atoms with Gasteiger partial charge in [0, 0.05) is 36.5 Å². The zero-order valence-electron chi connectivity index (χ0n) is 19.1. The second-order valence-electron chi connectivity index (χ2n) is 8.41. The molecule has 0 fully saturated rings. The van der Waals surface area contributed by atoms with Crippen molar-refractivity contribution in [2.45, 2.75) is 27.7 Å². The highest BCUT2D eigenvalue weighted by atomic mass is 15.2. The van der Waals surface area contributed by atoms with Gasteiger partial charge in [0.05, 0.1) is 0 Å². The van der Waals surface area contributed by atoms with E-state index in [0.29, 0.717) is 5.82 Å². The number of benzene rings is 3. The molecule has 0 aliphatic carbocycles. The number of aryl methyl sites for hydroxylation is 4. The normalized spacial score (nSPS) is 10.9. The standard InChI is InChI=1S/C27H28N4/c1-17-7-13-23(19(3)15-17)25-26(24-14-8-18(2)16-20(24)4)29-30-27(28-25)21-9-11-22(12-10-21)31(5)6/h7-16H,1-6H3. The second kappa shape index (κ2) is 8.31. The van der Waals surface area contributed by atoms with E-state index in [1.54, 1.807) is 0 Å². The fraction of sp³-hybridized carbons (Fsp3) is 0.222. The quantitative estimate of drug-likeness (QED) is 0.405. The van der Waals surface area contributed by atoms with Crippen LogP contribution in [0.5, 0.6) is 0 Å². The molecule has 1 heterocycles. The van der Waals surface area contributed by atoms with Crippen molar-refractivity contribution in [3.8, 4) is 33.9 Å². The summed E-state index contributed by atoms with van der Waals surface area (Å²) in [6.07, 6.45) is 0. The Labute approximate surface area is 184 Å². The number of aromatic nitrogens is 3. The third-order valence-electron chi connectivity index (χ3n) is 5.60. The first-order valence-electron chi connectivity index (χ1n) is 10.5. The first-order chi connectivity index (χ1) is 14.8. The Hall–Kier alpha value is -3.53. The van der Waals surface area contributed by atoms with Crippen LogP contribution in [0.1, 0.15) is 22.3 Å². The van der Waals surface area contributed by atoms with Crippen molar-refractivity contribution >= 4 is 5.69 Å². The lowest BCUT2D eigenvalue weighted by Crippen LogP contribution is -2.08. The van der Waals surface area contributed by atoms with E-state index in [9.17, 15) is 0 Å². The molecule has 3 aromatic carbocycles. The van der Waals surface area contributed by atoms with Crippen LogP contribution < -0.4 is 4.90 Å². The smallest absolute Gasteiger partial charge is 0.182 e. The van der Waals surface area contributed by atoms with Crippen molar-refractivity contribution in [3.05, 3.63) is 82.9 Å². The van der Waals surface area contributed by atoms with Crippen molar-refractivity contribution < 1.29 is 0 Å². The molecule has 0 unspecified atom stereocenters. The van der Waals surface area contributed by atoms with Gasteiger partial charge in [-0.25, -0.2) is 4.98 Å². The van der Waals surface area contributed by atoms with Crippen LogP contribution in [0.4, 0.5) is 5.69 Å². The van der Waals surface area contributed by atoms with Gasteiger partial charge in [0.2, 0.25) is 0 Å². The van der Waals surface area contributed by atoms with E-state index >= 15 is 0 Å². The molecule has 0 saturated carbocycles. The molecule has 0 aliphatic rings. The number of hydrogen-bond donors (Lipinski definition) is 0. The van der Waals surface area contributed by atoms with Crippen LogP contribution in [0, 0.1) is 27.7 Å². The largest absolute Gasteiger partial charge is 0.378 e. The minimum absolute atomic E-state index is 0.633. The third kappa shape index (κ3) is 4.19. The summed E-state index contributed by atoms with van der Waals surface area (Å²) in [7, 11) is 4.06. The first-order valence-corrected chi connectivity index (χ1v) is 10.5. The van der Waals surface area contributed by atoms with Gasteiger partial charge < -0.3 is 4.90 Å². The summed E-state index contributed by atoms with van der Waals surface area (Å²) in [4.78, 5) is 7.11. The molecule has 0 atom stereocenters. The van der Waals surface area contributed by atoms with Crippen LogP contribution in [0.2, 0.25) is 0 Å². The Morgan fingerprint density at radius 1 is 0.613 bits per heavy atom. The summed E-state index contributed by atoms with van der Waals surface area (Å²) in [5.41, 5.74) is 10.7. The third-order valence-corrected chi connectivity index (χ3v) is 5.60. The molecule has 0 saturated heterocycles. The summed E-state index contributed by atoms with van der Waals surface area (Å²) < 4.78 is 0. The van der Waals surface area contributed by atoms with Gasteiger partial charge in [-0.2, -0.15) is 0 Å². The molecule has 0 N–H and O–H groups in total. The van der Waals surface area contributed by atoms with Gasteiger partial charge in [-0.1, -0.05) is 47.5 Å². The lowest BCUT2D eigenvalue weighted by Gasteiger charge is -2.15. The Morgan fingerprint density at radius 3 is 1.68 bits per heavy atom. The molecule has 0 aliphatic heterocycles. The van der Waals surface area contributed by atoms with E-state index in [1.807, 2.05) is 14.1 Å². The average molecular weight is 409 g/mol. The maximum atomic E-state index is 5.03. The summed E-state index contributed by atoms with van der Waals surface area (Å²) in [6.45, 7) is 8.45. The molecule has 31 heavy (non-hydrogen) atoms. The van der Waals surface area contributed by atoms with Crippen LogP contribution in [0.15, 0.2) is 60.7 Å². The Kier molecular flexibility index (Phi) is 5.55. The molecule has 4 aromatic rings. The monoisotopic (exact) mass is 408 g/mol. The van der Waals surface area contributed by atoms with Gasteiger partial charge in [0.15, 0.2) is 5.82 Å². The molecule has 4 heteroatoms. The molecule has 0 radical (unpaired) electrons. The van der Waals surface area contributed by atoms with Crippen molar-refractivity contribution in [3.63, 3.8) is 0 Å². The first kappa shape index (κ1) is 20.7. The zero-order valence-corrected chi connectivity index (χ0v) is 19.1. The van der Waals surface area contributed by atoms with E-state index in [1.165, 1.54) is 22.3 Å². The SMILES string of the molecule is Cc1ccc(-c2nnc(-c3ccc(N(C)C)cc3)nc2-c2ccc(C)cc2C)c(C)c1. The maximum Gasteiger partial charge on any atom is 0.182 e. The van der Waals surface area contributed by atoms with E-state index in [0.717, 1.165) is 33.8 Å². The fourth-order valence-corrected chi connectivity index (χ4v) is 3.88. The minimum Gasteiger partial charge on any atom is -0.378 e. The number of anilines is 1. The van der Waals surface area contributed by atoms with Gasteiger partial charge in [0.1, 0.15) is 11.4 Å². The molecule has 4 rings (SSSR count). The zero-order chi connectivity index (χ0) is 22.1. The van der Waals surface area contributed by atoms with Crippen molar-refractivity contribution in [2.24, 2.45) is 0 Å². The van der Waals surface area contributed by atoms with Gasteiger partial charge >= 0.3 is 0 Å². The van der Waals surface area contributed by atoms with Gasteiger partial charge in [-0.15, -0.1) is 10.2 Å². The van der Waals surface area contributed by atoms with Crippen LogP contribution in [0.3, 0.4) is 0 Å². The lowest BCUT2D eigenvalue weighted by atomic mass is 9.96. The lowest BCUT2D eigenvalue weighted by molar-refractivity contribution is 0.988. The number of rotatable bonds is 4. The minimum atomic E-state index is 0.633. The van der Waals surface area contributed by atoms with Gasteiger partial charge in [-0.05, 0) is 63.1 Å². The summed E-state index contributed by atoms with van der Waals surface area (Å²) >= 11 is 0. The molecule has 156 valence electrons. The van der Waals surface area contributed by atoms with Gasteiger partial charge in [0.25, 0.3) is 0 Å². The Balaban J connectivity index is 1.91. The summed E-state index contributed by atoms with van der Waals surface area (Å²) in [6, 6.07) is 21.1. The molecule has 0 spiro atoms. The van der Waals surface area contributed by atoms with Crippen LogP contribution >= 0.6 is 0 Å². The molecule has 1 aromatic heterocycles. The molecule has 4 nitrogen and oxygen atoms in total. The molecular formula is C27H28N4. The topological polar surface area (TPSA) is 41.9 Å². The summed E-state index contributed by atoms with van der Waals surface area (Å²) in [5.74, 6) is 0.633. The van der Waals surface area contributed by atoms with Crippen LogP contribution in [-0.4, -0.2) is 29.3 Å². The predicted molar refractivity (Wildman–Crippen MR) is 129 cm³/mol. The van der Waals surface area contributed by atoms with E-state index in [2.05, 4.69) is 98.4 Å². The molecule has 0 bridgehead atoms.